The molecule has 170 valence electrons. The predicted octanol–water partition coefficient (Wildman–Crippen LogP) is 2.46. The first-order valence-corrected chi connectivity index (χ1v) is 10.0. The van der Waals surface area contributed by atoms with Crippen molar-refractivity contribution in [2.75, 3.05) is 6.54 Å². The number of hydrogen-bond donors (Lipinski definition) is 3. The zero-order valence-corrected chi connectivity index (χ0v) is 17.8. The van der Waals surface area contributed by atoms with Gasteiger partial charge in [-0.15, -0.1) is 0 Å². The van der Waals surface area contributed by atoms with E-state index in [-0.39, 0.29) is 24.6 Å². The third-order valence-electron chi connectivity index (χ3n) is 5.10. The molecular formula is C24H22F2N4O3. The van der Waals surface area contributed by atoms with Crippen LogP contribution < -0.4 is 16.4 Å². The zero-order valence-electron chi connectivity index (χ0n) is 17.8. The summed E-state index contributed by atoms with van der Waals surface area (Å²) in [6.07, 6.45) is 3.03. The van der Waals surface area contributed by atoms with Crippen LogP contribution in [-0.2, 0) is 16.9 Å². The summed E-state index contributed by atoms with van der Waals surface area (Å²) in [5.41, 5.74) is 6.52. The molecule has 2 amide bonds. The van der Waals surface area contributed by atoms with Gasteiger partial charge in [0.1, 0.15) is 11.6 Å². The number of rotatable bonds is 8. The summed E-state index contributed by atoms with van der Waals surface area (Å²) < 4.78 is 26.6. The van der Waals surface area contributed by atoms with Crippen LogP contribution in [0.2, 0.25) is 0 Å². The Kier molecular flexibility index (Phi) is 7.24. The molecule has 0 aliphatic heterocycles. The molecule has 7 nitrogen and oxygen atoms in total. The van der Waals surface area contributed by atoms with Gasteiger partial charge >= 0.3 is 0 Å². The van der Waals surface area contributed by atoms with Crippen molar-refractivity contribution >= 4 is 17.6 Å². The third kappa shape index (κ3) is 5.83. The first kappa shape index (κ1) is 23.7. The Bertz CT molecular complexity index is 1150. The third-order valence-corrected chi connectivity index (χ3v) is 5.10. The molecule has 0 saturated heterocycles. The van der Waals surface area contributed by atoms with Crippen LogP contribution in [0, 0.1) is 11.6 Å². The standard InChI is InChI=1S/C24H22F2N4O3/c1-24(14-27,30-22(32)16-3-2-8-28-13-16)18-6-4-15(5-7-18)12-29-23(33)21(31)17-9-19(25)11-20(26)10-17/h2-11,13H,12,14,27H2,1H3,(H,29,33)(H,30,32). The number of hydrogen-bond acceptors (Lipinski definition) is 5. The Balaban J connectivity index is 1.64. The molecule has 3 aromatic rings. The number of benzene rings is 2. The highest BCUT2D eigenvalue weighted by molar-refractivity contribution is 6.42. The molecule has 0 aliphatic carbocycles. The Morgan fingerprint density at radius 2 is 1.67 bits per heavy atom. The molecule has 1 heterocycles. The van der Waals surface area contributed by atoms with Crippen LogP contribution in [0.1, 0.15) is 38.8 Å². The lowest BCUT2D eigenvalue weighted by Gasteiger charge is -2.30. The van der Waals surface area contributed by atoms with Gasteiger partial charge in [0.2, 0.25) is 5.78 Å². The molecule has 2 aromatic carbocycles. The lowest BCUT2D eigenvalue weighted by molar-refractivity contribution is -0.117. The van der Waals surface area contributed by atoms with Crippen molar-refractivity contribution in [1.29, 1.82) is 0 Å². The molecule has 3 rings (SSSR count). The largest absolute Gasteiger partial charge is 0.345 e. The fourth-order valence-corrected chi connectivity index (χ4v) is 3.13. The number of ketones is 1. The van der Waals surface area contributed by atoms with E-state index in [1.165, 1.54) is 6.20 Å². The van der Waals surface area contributed by atoms with E-state index < -0.39 is 28.9 Å². The van der Waals surface area contributed by atoms with Crippen molar-refractivity contribution in [3.63, 3.8) is 0 Å². The second-order valence-corrected chi connectivity index (χ2v) is 7.60. The van der Waals surface area contributed by atoms with Gasteiger partial charge in [-0.2, -0.15) is 0 Å². The second kappa shape index (κ2) is 10.1. The van der Waals surface area contributed by atoms with Gasteiger partial charge in [0.15, 0.2) is 0 Å². The van der Waals surface area contributed by atoms with Gasteiger partial charge in [0, 0.05) is 37.1 Å². The number of amides is 2. The van der Waals surface area contributed by atoms with Gasteiger partial charge in [-0.25, -0.2) is 8.78 Å². The molecule has 4 N–H and O–H groups in total. The van der Waals surface area contributed by atoms with E-state index in [4.69, 9.17) is 5.73 Å². The summed E-state index contributed by atoms with van der Waals surface area (Å²) in [7, 11) is 0. The average molecular weight is 452 g/mol. The minimum atomic E-state index is -1.04. The number of aromatic nitrogens is 1. The lowest BCUT2D eigenvalue weighted by Crippen LogP contribution is -2.48. The van der Waals surface area contributed by atoms with Gasteiger partial charge in [-0.05, 0) is 42.3 Å². The second-order valence-electron chi connectivity index (χ2n) is 7.60. The Morgan fingerprint density at radius 1 is 1.00 bits per heavy atom. The van der Waals surface area contributed by atoms with Crippen molar-refractivity contribution in [2.24, 2.45) is 5.73 Å². The topological polar surface area (TPSA) is 114 Å². The van der Waals surface area contributed by atoms with E-state index in [2.05, 4.69) is 15.6 Å². The van der Waals surface area contributed by atoms with E-state index in [0.29, 0.717) is 17.2 Å². The lowest BCUT2D eigenvalue weighted by atomic mass is 9.91. The number of nitrogens with zero attached hydrogens (tertiary/aromatic N) is 1. The van der Waals surface area contributed by atoms with Crippen molar-refractivity contribution < 1.29 is 23.2 Å². The quantitative estimate of drug-likeness (QED) is 0.359. The number of nitrogens with one attached hydrogen (secondary N) is 2. The molecule has 0 bridgehead atoms. The van der Waals surface area contributed by atoms with E-state index in [0.717, 1.165) is 17.7 Å². The van der Waals surface area contributed by atoms with Crippen LogP contribution >= 0.6 is 0 Å². The molecule has 0 aliphatic rings. The fourth-order valence-electron chi connectivity index (χ4n) is 3.13. The van der Waals surface area contributed by atoms with E-state index >= 15 is 0 Å². The van der Waals surface area contributed by atoms with Crippen LogP contribution in [0.15, 0.2) is 67.0 Å². The monoisotopic (exact) mass is 452 g/mol. The van der Waals surface area contributed by atoms with Crippen LogP contribution in [0.25, 0.3) is 0 Å². The summed E-state index contributed by atoms with van der Waals surface area (Å²) in [5.74, 6) is -4.24. The number of carbonyl (C=O) groups is 3. The van der Waals surface area contributed by atoms with Crippen molar-refractivity contribution in [3.05, 3.63) is 101 Å². The van der Waals surface area contributed by atoms with Gasteiger partial charge in [0.25, 0.3) is 11.8 Å². The maximum atomic E-state index is 13.3. The number of carbonyl (C=O) groups excluding carboxylic acids is 3. The Labute approximate surface area is 189 Å². The molecule has 1 unspecified atom stereocenters. The summed E-state index contributed by atoms with van der Waals surface area (Å²) in [6.45, 7) is 1.94. The Morgan fingerprint density at radius 3 is 2.24 bits per heavy atom. The number of Topliss-reactive ketones (excluding diaryl/α,β-unsaturated/α-hetero) is 1. The van der Waals surface area contributed by atoms with Crippen LogP contribution in [0.4, 0.5) is 8.78 Å². The molecule has 9 heteroatoms. The highest BCUT2D eigenvalue weighted by atomic mass is 19.1. The molecular weight excluding hydrogens is 430 g/mol. The summed E-state index contributed by atoms with van der Waals surface area (Å²) >= 11 is 0. The summed E-state index contributed by atoms with van der Waals surface area (Å²) in [4.78, 5) is 40.7. The zero-order chi connectivity index (χ0) is 24.0. The van der Waals surface area contributed by atoms with Gasteiger partial charge in [-0.3, -0.25) is 19.4 Å². The maximum Gasteiger partial charge on any atom is 0.292 e. The molecule has 1 aromatic heterocycles. The minimum absolute atomic E-state index is 0.0179. The molecule has 0 radical (unpaired) electrons. The van der Waals surface area contributed by atoms with Gasteiger partial charge < -0.3 is 16.4 Å². The molecule has 1 atom stereocenters. The summed E-state index contributed by atoms with van der Waals surface area (Å²) in [5, 5.41) is 5.34. The molecule has 33 heavy (non-hydrogen) atoms. The van der Waals surface area contributed by atoms with E-state index in [1.54, 1.807) is 49.5 Å². The first-order chi connectivity index (χ1) is 15.7. The smallest absolute Gasteiger partial charge is 0.292 e. The minimum Gasteiger partial charge on any atom is -0.345 e. The van der Waals surface area contributed by atoms with E-state index in [9.17, 15) is 23.2 Å². The highest BCUT2D eigenvalue weighted by Crippen LogP contribution is 2.21. The molecule has 0 spiro atoms. The maximum absolute atomic E-state index is 13.3. The molecule has 0 fully saturated rings. The number of halogens is 2. The highest BCUT2D eigenvalue weighted by Gasteiger charge is 2.27. The van der Waals surface area contributed by atoms with Gasteiger partial charge in [-0.1, -0.05) is 24.3 Å². The SMILES string of the molecule is CC(CN)(NC(=O)c1cccnc1)c1ccc(CNC(=O)C(=O)c2cc(F)cc(F)c2)cc1. The van der Waals surface area contributed by atoms with Gasteiger partial charge in [0.05, 0.1) is 11.1 Å². The van der Waals surface area contributed by atoms with Crippen LogP contribution in [0.5, 0.6) is 0 Å². The van der Waals surface area contributed by atoms with E-state index in [1.807, 2.05) is 0 Å². The fraction of sp³-hybridized carbons (Fsp3) is 0.167. The predicted molar refractivity (Wildman–Crippen MR) is 117 cm³/mol. The molecule has 0 saturated carbocycles. The average Bonchev–Trinajstić information content (AvgIpc) is 2.82. The van der Waals surface area contributed by atoms with Crippen LogP contribution in [0.3, 0.4) is 0 Å². The van der Waals surface area contributed by atoms with Crippen LogP contribution in [-0.4, -0.2) is 29.1 Å². The summed E-state index contributed by atoms with van der Waals surface area (Å²) in [6, 6.07) is 12.4. The van der Waals surface area contributed by atoms with Crippen molar-refractivity contribution in [1.82, 2.24) is 15.6 Å². The van der Waals surface area contributed by atoms with Crippen molar-refractivity contribution in [2.45, 2.75) is 19.0 Å². The number of nitrogens with two attached hydrogens (primary N) is 1. The normalized spacial score (nSPS) is 12.5. The first-order valence-electron chi connectivity index (χ1n) is 10.0. The Hall–Kier alpha value is -3.98. The number of pyridine rings is 1. The van der Waals surface area contributed by atoms with Crippen molar-refractivity contribution in [3.8, 4) is 0 Å².